The van der Waals surface area contributed by atoms with E-state index in [-0.39, 0.29) is 29.0 Å². The number of nitrogens with zero attached hydrogens (tertiary/aromatic N) is 1. The van der Waals surface area contributed by atoms with E-state index < -0.39 is 10.0 Å². The molecule has 0 aliphatic heterocycles. The molecule has 1 amide bonds. The van der Waals surface area contributed by atoms with Crippen molar-refractivity contribution in [2.24, 2.45) is 0 Å². The molecule has 0 bridgehead atoms. The first kappa shape index (κ1) is 20.7. The van der Waals surface area contributed by atoms with Crippen molar-refractivity contribution in [3.05, 3.63) is 54.1 Å². The maximum Gasteiger partial charge on any atom is 0.251 e. The molecule has 1 N–H and O–H groups in total. The predicted octanol–water partition coefficient (Wildman–Crippen LogP) is 2.14. The fourth-order valence-electron chi connectivity index (χ4n) is 2.31. The Hall–Kier alpha value is -2.58. The highest BCUT2D eigenvalue weighted by Gasteiger charge is 2.19. The number of hydrogen-bond donors (Lipinski definition) is 1. The minimum Gasteiger partial charge on any atom is -0.493 e. The van der Waals surface area contributed by atoms with Gasteiger partial charge in [-0.1, -0.05) is 18.2 Å². The molecule has 0 saturated heterocycles. The van der Waals surface area contributed by atoms with E-state index in [0.29, 0.717) is 11.5 Å². The summed E-state index contributed by atoms with van der Waals surface area (Å²) in [5.41, 5.74) is 0.266. The van der Waals surface area contributed by atoms with Gasteiger partial charge in [0.05, 0.1) is 18.0 Å². The Morgan fingerprint density at radius 1 is 1.11 bits per heavy atom. The second kappa shape index (κ2) is 8.88. The summed E-state index contributed by atoms with van der Waals surface area (Å²) < 4.78 is 36.4. The van der Waals surface area contributed by atoms with Crippen LogP contribution >= 0.6 is 0 Å². The molecule has 0 aliphatic carbocycles. The number of carbonyl (C=O) groups is 1. The lowest BCUT2D eigenvalue weighted by Crippen LogP contribution is -2.37. The van der Waals surface area contributed by atoms with Crippen LogP contribution in [0.3, 0.4) is 0 Å². The van der Waals surface area contributed by atoms with E-state index in [0.717, 1.165) is 4.31 Å². The highest BCUT2D eigenvalue weighted by molar-refractivity contribution is 7.89. The smallest absolute Gasteiger partial charge is 0.251 e. The number of carbonyl (C=O) groups excluding carboxylic acids is 1. The zero-order chi connectivity index (χ0) is 20.0. The SMILES string of the molecule is COc1ccccc1OC[C@@H](C)NC(=O)c1cccc(S(=O)(=O)N(C)C)c1. The lowest BCUT2D eigenvalue weighted by Gasteiger charge is -2.17. The van der Waals surface area contributed by atoms with Crippen molar-refractivity contribution in [2.45, 2.75) is 17.9 Å². The van der Waals surface area contributed by atoms with Gasteiger partial charge in [0.15, 0.2) is 11.5 Å². The first-order valence-electron chi connectivity index (χ1n) is 8.35. The van der Waals surface area contributed by atoms with E-state index in [9.17, 15) is 13.2 Å². The maximum atomic E-state index is 12.4. The number of amides is 1. The molecule has 0 aliphatic rings. The molecule has 0 aromatic heterocycles. The van der Waals surface area contributed by atoms with Crippen LogP contribution in [0.25, 0.3) is 0 Å². The van der Waals surface area contributed by atoms with Crippen LogP contribution in [-0.4, -0.2) is 52.5 Å². The van der Waals surface area contributed by atoms with E-state index in [2.05, 4.69) is 5.32 Å². The minimum atomic E-state index is -3.60. The third-order valence-corrected chi connectivity index (χ3v) is 5.62. The van der Waals surface area contributed by atoms with E-state index in [1.807, 2.05) is 12.1 Å². The molecule has 8 heteroatoms. The highest BCUT2D eigenvalue weighted by atomic mass is 32.2. The summed E-state index contributed by atoms with van der Waals surface area (Å²) in [5, 5.41) is 2.80. The summed E-state index contributed by atoms with van der Waals surface area (Å²) in [6.07, 6.45) is 0. The Labute approximate surface area is 160 Å². The molecule has 0 heterocycles. The fraction of sp³-hybridized carbons (Fsp3) is 0.316. The van der Waals surface area contributed by atoms with Crippen LogP contribution in [0.5, 0.6) is 11.5 Å². The van der Waals surface area contributed by atoms with Crippen molar-refractivity contribution in [1.29, 1.82) is 0 Å². The van der Waals surface area contributed by atoms with Gasteiger partial charge in [0, 0.05) is 19.7 Å². The average molecular weight is 392 g/mol. The van der Waals surface area contributed by atoms with Gasteiger partial charge >= 0.3 is 0 Å². The summed E-state index contributed by atoms with van der Waals surface area (Å²) >= 11 is 0. The molecule has 0 saturated carbocycles. The number of benzene rings is 2. The van der Waals surface area contributed by atoms with Gasteiger partial charge in [-0.2, -0.15) is 0 Å². The van der Waals surface area contributed by atoms with Gasteiger partial charge in [-0.25, -0.2) is 12.7 Å². The number of ether oxygens (including phenoxy) is 2. The lowest BCUT2D eigenvalue weighted by molar-refractivity contribution is 0.0926. The van der Waals surface area contributed by atoms with E-state index >= 15 is 0 Å². The zero-order valence-corrected chi connectivity index (χ0v) is 16.6. The zero-order valence-electron chi connectivity index (χ0n) is 15.8. The molecular weight excluding hydrogens is 368 g/mol. The number of hydrogen-bond acceptors (Lipinski definition) is 5. The standard InChI is InChI=1S/C19H24N2O5S/c1-14(13-26-18-11-6-5-10-17(18)25-4)20-19(22)15-8-7-9-16(12-15)27(23,24)21(2)3/h5-12,14H,13H2,1-4H3,(H,20,22)/t14-/m1/s1. The van der Waals surface area contributed by atoms with Gasteiger partial charge in [-0.3, -0.25) is 4.79 Å². The van der Waals surface area contributed by atoms with E-state index in [1.54, 1.807) is 38.3 Å². The fourth-order valence-corrected chi connectivity index (χ4v) is 3.26. The lowest BCUT2D eigenvalue weighted by atomic mass is 10.2. The largest absolute Gasteiger partial charge is 0.493 e. The third-order valence-electron chi connectivity index (χ3n) is 3.81. The van der Waals surface area contributed by atoms with Crippen LogP contribution in [0.1, 0.15) is 17.3 Å². The van der Waals surface area contributed by atoms with Crippen LogP contribution in [0.15, 0.2) is 53.4 Å². The van der Waals surface area contributed by atoms with Crippen molar-refractivity contribution in [3.63, 3.8) is 0 Å². The van der Waals surface area contributed by atoms with Gasteiger partial charge in [-0.05, 0) is 37.3 Å². The molecule has 0 spiro atoms. The summed E-state index contributed by atoms with van der Waals surface area (Å²) in [6, 6.07) is 12.9. The summed E-state index contributed by atoms with van der Waals surface area (Å²) in [6.45, 7) is 2.04. The van der Waals surface area contributed by atoms with Crippen molar-refractivity contribution < 1.29 is 22.7 Å². The quantitative estimate of drug-likeness (QED) is 0.744. The molecule has 0 fully saturated rings. The van der Waals surface area contributed by atoms with Crippen LogP contribution in [0.4, 0.5) is 0 Å². The van der Waals surface area contributed by atoms with Crippen LogP contribution in [0.2, 0.25) is 0 Å². The molecular formula is C19H24N2O5S. The summed E-state index contributed by atoms with van der Waals surface area (Å²) in [7, 11) is 0.845. The van der Waals surface area contributed by atoms with Crippen molar-refractivity contribution >= 4 is 15.9 Å². The number of nitrogens with one attached hydrogen (secondary N) is 1. The van der Waals surface area contributed by atoms with E-state index in [1.165, 1.54) is 26.2 Å². The highest BCUT2D eigenvalue weighted by Crippen LogP contribution is 2.25. The van der Waals surface area contributed by atoms with E-state index in [4.69, 9.17) is 9.47 Å². The number of rotatable bonds is 8. The average Bonchev–Trinajstić information content (AvgIpc) is 2.66. The summed E-state index contributed by atoms with van der Waals surface area (Å²) in [4.78, 5) is 12.5. The van der Waals surface area contributed by atoms with Gasteiger partial charge in [0.1, 0.15) is 6.61 Å². The number of sulfonamides is 1. The second-order valence-electron chi connectivity index (χ2n) is 6.15. The molecule has 146 valence electrons. The van der Waals surface area contributed by atoms with Gasteiger partial charge in [-0.15, -0.1) is 0 Å². The molecule has 2 aromatic carbocycles. The Balaban J connectivity index is 2.02. The summed E-state index contributed by atoms with van der Waals surface area (Å²) in [5.74, 6) is 0.819. The van der Waals surface area contributed by atoms with Crippen molar-refractivity contribution in [3.8, 4) is 11.5 Å². The third kappa shape index (κ3) is 5.21. The van der Waals surface area contributed by atoms with Crippen molar-refractivity contribution in [2.75, 3.05) is 27.8 Å². The Morgan fingerprint density at radius 2 is 1.78 bits per heavy atom. The molecule has 0 unspecified atom stereocenters. The Bertz CT molecular complexity index is 896. The van der Waals surface area contributed by atoms with Gasteiger partial charge < -0.3 is 14.8 Å². The normalized spacial score (nSPS) is 12.5. The topological polar surface area (TPSA) is 84.9 Å². The molecule has 2 aromatic rings. The second-order valence-corrected chi connectivity index (χ2v) is 8.30. The van der Waals surface area contributed by atoms with Crippen molar-refractivity contribution in [1.82, 2.24) is 9.62 Å². The van der Waals surface area contributed by atoms with Gasteiger partial charge in [0.25, 0.3) is 5.91 Å². The molecule has 0 radical (unpaired) electrons. The Kier molecular flexibility index (Phi) is 6.81. The first-order valence-corrected chi connectivity index (χ1v) is 9.79. The van der Waals surface area contributed by atoms with Gasteiger partial charge in [0.2, 0.25) is 10.0 Å². The number of para-hydroxylation sites is 2. The number of methoxy groups -OCH3 is 1. The Morgan fingerprint density at radius 3 is 2.41 bits per heavy atom. The molecule has 1 atom stereocenters. The first-order chi connectivity index (χ1) is 12.8. The monoisotopic (exact) mass is 392 g/mol. The minimum absolute atomic E-state index is 0.0677. The molecule has 27 heavy (non-hydrogen) atoms. The molecule has 2 rings (SSSR count). The van der Waals surface area contributed by atoms with Crippen LogP contribution < -0.4 is 14.8 Å². The predicted molar refractivity (Wildman–Crippen MR) is 103 cm³/mol. The molecule has 7 nitrogen and oxygen atoms in total. The maximum absolute atomic E-state index is 12.4. The van der Waals surface area contributed by atoms with Crippen LogP contribution in [0, 0.1) is 0 Å². The van der Waals surface area contributed by atoms with Crippen LogP contribution in [-0.2, 0) is 10.0 Å².